The minimum Gasteiger partial charge on any atom is -0.207 e. The van der Waals surface area contributed by atoms with Crippen molar-refractivity contribution in [1.82, 2.24) is 0 Å². The first-order chi connectivity index (χ1) is 11.8. The van der Waals surface area contributed by atoms with Crippen LogP contribution in [0.15, 0.2) is 30.3 Å². The summed E-state index contributed by atoms with van der Waals surface area (Å²) in [7, 11) is 0. The lowest BCUT2D eigenvalue weighted by atomic mass is 9.89. The van der Waals surface area contributed by atoms with Crippen molar-refractivity contribution in [2.45, 2.75) is 54.4 Å². The van der Waals surface area contributed by atoms with Gasteiger partial charge in [0.25, 0.3) is 0 Å². The van der Waals surface area contributed by atoms with E-state index in [-0.39, 0.29) is 5.82 Å². The molecular formula is C24H27F. The number of fused-ring (bicyclic) bond motifs is 1. The fourth-order valence-corrected chi connectivity index (χ4v) is 4.08. The number of benzene rings is 3. The molecule has 0 unspecified atom stereocenters. The van der Waals surface area contributed by atoms with E-state index in [4.69, 9.17) is 0 Å². The third-order valence-electron chi connectivity index (χ3n) is 5.51. The van der Waals surface area contributed by atoms with Crippen LogP contribution in [-0.4, -0.2) is 0 Å². The second kappa shape index (κ2) is 6.63. The number of hydrogen-bond acceptors (Lipinski definition) is 0. The van der Waals surface area contributed by atoms with E-state index < -0.39 is 0 Å². The fraction of sp³-hybridized carbons (Fsp3) is 0.333. The molecular weight excluding hydrogens is 307 g/mol. The third kappa shape index (κ3) is 3.33. The van der Waals surface area contributed by atoms with Gasteiger partial charge in [0, 0.05) is 0 Å². The van der Waals surface area contributed by atoms with Gasteiger partial charge in [0.1, 0.15) is 5.82 Å². The molecule has 0 saturated carbocycles. The first-order valence-corrected chi connectivity index (χ1v) is 9.03. The molecule has 0 radical (unpaired) electrons. The molecule has 0 heterocycles. The molecule has 0 atom stereocenters. The van der Waals surface area contributed by atoms with E-state index in [1.165, 1.54) is 38.6 Å². The molecule has 0 aliphatic heterocycles. The highest BCUT2D eigenvalue weighted by Gasteiger charge is 2.11. The van der Waals surface area contributed by atoms with Crippen LogP contribution in [-0.2, 0) is 12.8 Å². The average Bonchev–Trinajstić information content (AvgIpc) is 2.51. The Labute approximate surface area is 150 Å². The van der Waals surface area contributed by atoms with E-state index >= 15 is 0 Å². The molecule has 0 bridgehead atoms. The molecule has 3 aromatic carbocycles. The molecule has 0 aliphatic rings. The number of hydrogen-bond donors (Lipinski definition) is 0. The molecule has 3 aromatic rings. The van der Waals surface area contributed by atoms with Crippen LogP contribution in [0.1, 0.15) is 44.5 Å². The second-order valence-corrected chi connectivity index (χ2v) is 7.50. The third-order valence-corrected chi connectivity index (χ3v) is 5.51. The zero-order chi connectivity index (χ0) is 18.3. The summed E-state index contributed by atoms with van der Waals surface area (Å²) in [5.74, 6) is -0.0896. The van der Waals surface area contributed by atoms with Crippen LogP contribution in [0.3, 0.4) is 0 Å². The van der Waals surface area contributed by atoms with Crippen molar-refractivity contribution < 1.29 is 4.39 Å². The Morgan fingerprint density at radius 3 is 2.08 bits per heavy atom. The van der Waals surface area contributed by atoms with Crippen LogP contribution in [0.2, 0.25) is 0 Å². The highest BCUT2D eigenvalue weighted by atomic mass is 19.1. The highest BCUT2D eigenvalue weighted by Crippen LogP contribution is 2.30. The molecule has 0 aromatic heterocycles. The minimum absolute atomic E-state index is 0.0896. The quantitative estimate of drug-likeness (QED) is 0.505. The van der Waals surface area contributed by atoms with Gasteiger partial charge in [-0.05, 0) is 110 Å². The SMILES string of the molecule is Cc1cc(C)c2c(C)c(CCc3cc(C)c(C)c(F)c3)c(C)cc2c1. The van der Waals surface area contributed by atoms with Crippen molar-refractivity contribution in [3.63, 3.8) is 0 Å². The van der Waals surface area contributed by atoms with Gasteiger partial charge in [-0.3, -0.25) is 0 Å². The van der Waals surface area contributed by atoms with Crippen molar-refractivity contribution in [3.05, 3.63) is 80.7 Å². The number of aryl methyl sites for hydroxylation is 6. The van der Waals surface area contributed by atoms with Gasteiger partial charge < -0.3 is 0 Å². The summed E-state index contributed by atoms with van der Waals surface area (Å²) >= 11 is 0. The van der Waals surface area contributed by atoms with Gasteiger partial charge in [-0.1, -0.05) is 29.8 Å². The smallest absolute Gasteiger partial charge is 0.126 e. The Balaban J connectivity index is 1.99. The predicted molar refractivity (Wildman–Crippen MR) is 106 cm³/mol. The maximum atomic E-state index is 14.0. The summed E-state index contributed by atoms with van der Waals surface area (Å²) in [5, 5.41) is 2.70. The van der Waals surface area contributed by atoms with Crippen molar-refractivity contribution in [1.29, 1.82) is 0 Å². The maximum Gasteiger partial charge on any atom is 0.126 e. The molecule has 3 rings (SSSR count). The lowest BCUT2D eigenvalue weighted by Crippen LogP contribution is -2.01. The molecule has 0 fully saturated rings. The summed E-state index contributed by atoms with van der Waals surface area (Å²) in [6.07, 6.45) is 1.82. The van der Waals surface area contributed by atoms with Gasteiger partial charge >= 0.3 is 0 Å². The standard InChI is InChI=1S/C24H27F/c1-14-9-17(4)24-19(6)22(16(3)12-21(24)10-14)8-7-20-11-15(2)18(5)23(25)13-20/h9-13H,7-8H2,1-6H3. The summed E-state index contributed by atoms with van der Waals surface area (Å²) in [4.78, 5) is 0. The van der Waals surface area contributed by atoms with Crippen LogP contribution < -0.4 is 0 Å². The Hall–Kier alpha value is -2.15. The van der Waals surface area contributed by atoms with Gasteiger partial charge in [0.15, 0.2) is 0 Å². The first kappa shape index (κ1) is 17.7. The van der Waals surface area contributed by atoms with Gasteiger partial charge in [-0.25, -0.2) is 4.39 Å². The van der Waals surface area contributed by atoms with Crippen LogP contribution >= 0.6 is 0 Å². The topological polar surface area (TPSA) is 0 Å². The van der Waals surface area contributed by atoms with Gasteiger partial charge in [0.2, 0.25) is 0 Å². The lowest BCUT2D eigenvalue weighted by molar-refractivity contribution is 0.614. The van der Waals surface area contributed by atoms with Gasteiger partial charge in [0.05, 0.1) is 0 Å². The van der Waals surface area contributed by atoms with Crippen molar-refractivity contribution in [2.24, 2.45) is 0 Å². The van der Waals surface area contributed by atoms with Crippen LogP contribution in [0, 0.1) is 47.4 Å². The van der Waals surface area contributed by atoms with E-state index in [0.717, 1.165) is 29.5 Å². The number of rotatable bonds is 3. The summed E-state index contributed by atoms with van der Waals surface area (Å²) in [5.41, 5.74) is 9.63. The molecule has 0 saturated heterocycles. The average molecular weight is 334 g/mol. The van der Waals surface area contributed by atoms with E-state index in [2.05, 4.69) is 52.0 Å². The monoisotopic (exact) mass is 334 g/mol. The van der Waals surface area contributed by atoms with Crippen LogP contribution in [0.25, 0.3) is 10.8 Å². The predicted octanol–water partition coefficient (Wildman–Crippen LogP) is 6.61. The maximum absolute atomic E-state index is 14.0. The second-order valence-electron chi connectivity index (χ2n) is 7.50. The van der Waals surface area contributed by atoms with Crippen LogP contribution in [0.5, 0.6) is 0 Å². The normalized spacial score (nSPS) is 11.3. The van der Waals surface area contributed by atoms with Gasteiger partial charge in [-0.2, -0.15) is 0 Å². The molecule has 25 heavy (non-hydrogen) atoms. The molecule has 0 nitrogen and oxygen atoms in total. The van der Waals surface area contributed by atoms with Crippen molar-refractivity contribution in [2.75, 3.05) is 0 Å². The van der Waals surface area contributed by atoms with Crippen molar-refractivity contribution in [3.8, 4) is 0 Å². The van der Waals surface area contributed by atoms with E-state index in [1.54, 1.807) is 6.07 Å². The fourth-order valence-electron chi connectivity index (χ4n) is 4.08. The molecule has 1 heteroatoms. The zero-order valence-corrected chi connectivity index (χ0v) is 16.2. The molecule has 0 spiro atoms. The Bertz CT molecular complexity index is 941. The summed E-state index contributed by atoms with van der Waals surface area (Å²) in [6, 6.07) is 10.7. The molecule has 0 amide bonds. The van der Waals surface area contributed by atoms with E-state index in [0.29, 0.717) is 0 Å². The Kier molecular flexibility index (Phi) is 4.69. The van der Waals surface area contributed by atoms with Crippen LogP contribution in [0.4, 0.5) is 4.39 Å². The zero-order valence-electron chi connectivity index (χ0n) is 16.2. The highest BCUT2D eigenvalue weighted by molar-refractivity contribution is 5.91. The Morgan fingerprint density at radius 1 is 0.680 bits per heavy atom. The van der Waals surface area contributed by atoms with Gasteiger partial charge in [-0.15, -0.1) is 0 Å². The van der Waals surface area contributed by atoms with E-state index in [9.17, 15) is 4.39 Å². The summed E-state index contributed by atoms with van der Waals surface area (Å²) < 4.78 is 14.0. The molecule has 0 aliphatic carbocycles. The summed E-state index contributed by atoms with van der Waals surface area (Å²) in [6.45, 7) is 12.6. The molecule has 0 N–H and O–H groups in total. The van der Waals surface area contributed by atoms with Crippen molar-refractivity contribution >= 4 is 10.8 Å². The largest absolute Gasteiger partial charge is 0.207 e. The van der Waals surface area contributed by atoms with E-state index in [1.807, 2.05) is 13.8 Å². The lowest BCUT2D eigenvalue weighted by Gasteiger charge is -2.16. The number of halogens is 1. The molecule has 130 valence electrons. The first-order valence-electron chi connectivity index (χ1n) is 9.03. The Morgan fingerprint density at radius 2 is 1.40 bits per heavy atom. The minimum atomic E-state index is -0.0896.